The van der Waals surface area contributed by atoms with Crippen molar-refractivity contribution in [3.05, 3.63) is 52.3 Å². The molecule has 1 amide bonds. The highest BCUT2D eigenvalue weighted by Gasteiger charge is 2.39. The molecule has 12 heteroatoms. The van der Waals surface area contributed by atoms with E-state index in [1.54, 1.807) is 25.1 Å². The number of aromatic nitrogens is 5. The van der Waals surface area contributed by atoms with Crippen LogP contribution in [0.15, 0.2) is 35.1 Å². The maximum Gasteiger partial charge on any atom is 0.451 e. The summed E-state index contributed by atoms with van der Waals surface area (Å²) in [6.07, 6.45) is -4.07. The summed E-state index contributed by atoms with van der Waals surface area (Å²) < 4.78 is 47.3. The lowest BCUT2D eigenvalue weighted by molar-refractivity contribution is -0.147. The Morgan fingerprint density at radius 3 is 2.42 bits per heavy atom. The van der Waals surface area contributed by atoms with Crippen LogP contribution in [0.3, 0.4) is 0 Å². The molecule has 1 fully saturated rings. The number of alkyl halides is 3. The summed E-state index contributed by atoms with van der Waals surface area (Å²) >= 11 is 0. The van der Waals surface area contributed by atoms with E-state index < -0.39 is 23.7 Å². The van der Waals surface area contributed by atoms with Crippen molar-refractivity contribution in [2.24, 2.45) is 14.1 Å². The molecule has 0 spiro atoms. The quantitative estimate of drug-likeness (QED) is 0.592. The van der Waals surface area contributed by atoms with Crippen LogP contribution in [0.1, 0.15) is 35.2 Å². The van der Waals surface area contributed by atoms with Crippen LogP contribution in [-0.4, -0.2) is 55.1 Å². The van der Waals surface area contributed by atoms with E-state index >= 15 is 0 Å². The number of piperidine rings is 1. The summed E-state index contributed by atoms with van der Waals surface area (Å²) in [5, 5.41) is 7.94. The Labute approximate surface area is 187 Å². The molecule has 0 aliphatic carbocycles. The highest BCUT2D eigenvalue weighted by atomic mass is 19.4. The number of methoxy groups -OCH3 is 1. The molecule has 0 atom stereocenters. The Hall–Kier alpha value is -3.57. The van der Waals surface area contributed by atoms with E-state index in [1.807, 2.05) is 24.3 Å². The summed E-state index contributed by atoms with van der Waals surface area (Å²) in [5.74, 6) is -0.792. The number of halogens is 3. The van der Waals surface area contributed by atoms with Gasteiger partial charge in [0, 0.05) is 32.7 Å². The molecule has 176 valence electrons. The van der Waals surface area contributed by atoms with Gasteiger partial charge in [0.1, 0.15) is 11.4 Å². The van der Waals surface area contributed by atoms with Gasteiger partial charge in [-0.05, 0) is 31.0 Å². The second kappa shape index (κ2) is 8.41. The standard InChI is InChI=1S/C21H23F3N6O3/c1-27-19(21(22,23)24)26-30(20(27)32)14-7-9-29(10-8-14)18(31)17-12-16(25-28(17)2)13-5-4-6-15(11-13)33-3/h4-6,11-12,14H,7-10H2,1-3H3. The third-order valence-corrected chi connectivity index (χ3v) is 5.82. The second-order valence-electron chi connectivity index (χ2n) is 7.90. The minimum absolute atomic E-state index is 0.234. The number of aryl methyl sites for hydroxylation is 1. The number of rotatable bonds is 4. The predicted octanol–water partition coefficient (Wildman–Crippen LogP) is 2.49. The van der Waals surface area contributed by atoms with E-state index in [4.69, 9.17) is 4.74 Å². The molecular formula is C21H23F3N6O3. The van der Waals surface area contributed by atoms with Gasteiger partial charge in [0.15, 0.2) is 0 Å². The van der Waals surface area contributed by atoms with Crippen molar-refractivity contribution in [1.29, 1.82) is 0 Å². The Morgan fingerprint density at radius 1 is 1.12 bits per heavy atom. The smallest absolute Gasteiger partial charge is 0.451 e. The molecular weight excluding hydrogens is 441 g/mol. The third kappa shape index (κ3) is 4.24. The molecule has 0 bridgehead atoms. The highest BCUT2D eigenvalue weighted by Crippen LogP contribution is 2.29. The third-order valence-electron chi connectivity index (χ3n) is 5.82. The number of hydrogen-bond donors (Lipinski definition) is 0. The molecule has 0 radical (unpaired) electrons. The number of nitrogens with zero attached hydrogens (tertiary/aromatic N) is 6. The fourth-order valence-corrected chi connectivity index (χ4v) is 4.01. The predicted molar refractivity (Wildman–Crippen MR) is 112 cm³/mol. The summed E-state index contributed by atoms with van der Waals surface area (Å²) in [6.45, 7) is 0.571. The van der Waals surface area contributed by atoms with Crippen molar-refractivity contribution >= 4 is 5.91 Å². The van der Waals surface area contributed by atoms with Crippen molar-refractivity contribution in [2.75, 3.05) is 20.2 Å². The molecule has 3 heterocycles. The first kappa shape index (κ1) is 22.6. The molecule has 0 saturated carbocycles. The van der Waals surface area contributed by atoms with E-state index in [1.165, 1.54) is 4.68 Å². The summed E-state index contributed by atoms with van der Waals surface area (Å²) in [6, 6.07) is 8.52. The van der Waals surface area contributed by atoms with Crippen LogP contribution in [0.5, 0.6) is 5.75 Å². The van der Waals surface area contributed by atoms with Gasteiger partial charge in [-0.2, -0.15) is 18.3 Å². The van der Waals surface area contributed by atoms with Crippen LogP contribution in [0.25, 0.3) is 11.3 Å². The number of hydrogen-bond acceptors (Lipinski definition) is 5. The van der Waals surface area contributed by atoms with Gasteiger partial charge < -0.3 is 9.64 Å². The van der Waals surface area contributed by atoms with Gasteiger partial charge in [0.2, 0.25) is 5.82 Å². The van der Waals surface area contributed by atoms with E-state index in [2.05, 4.69) is 10.2 Å². The number of carbonyl (C=O) groups is 1. The SMILES string of the molecule is COc1cccc(-c2cc(C(=O)N3CCC(n4nc(C(F)(F)F)n(C)c4=O)CC3)n(C)n2)c1. The molecule has 0 unspecified atom stereocenters. The van der Waals surface area contributed by atoms with E-state index in [0.29, 0.717) is 34.5 Å². The number of benzene rings is 1. The Kier molecular flexibility index (Phi) is 5.76. The second-order valence-corrected chi connectivity index (χ2v) is 7.90. The molecule has 1 aliphatic rings. The average molecular weight is 464 g/mol. The van der Waals surface area contributed by atoms with Gasteiger partial charge in [-0.15, -0.1) is 5.10 Å². The maximum atomic E-state index is 13.1. The molecule has 9 nitrogen and oxygen atoms in total. The topological polar surface area (TPSA) is 87.2 Å². The number of carbonyl (C=O) groups excluding carboxylic acids is 1. The highest BCUT2D eigenvalue weighted by molar-refractivity contribution is 5.93. The molecule has 1 aliphatic heterocycles. The molecule has 0 N–H and O–H groups in total. The number of ether oxygens (including phenoxy) is 1. The van der Waals surface area contributed by atoms with Gasteiger partial charge in [0.25, 0.3) is 5.91 Å². The van der Waals surface area contributed by atoms with Crippen LogP contribution in [0.4, 0.5) is 13.2 Å². The molecule has 3 aromatic rings. The zero-order valence-corrected chi connectivity index (χ0v) is 18.3. The first-order valence-corrected chi connectivity index (χ1v) is 10.3. The summed E-state index contributed by atoms with van der Waals surface area (Å²) in [5.41, 5.74) is 0.995. The number of likely N-dealkylation sites (tertiary alicyclic amines) is 1. The van der Waals surface area contributed by atoms with Gasteiger partial charge in [-0.25, -0.2) is 9.48 Å². The zero-order valence-electron chi connectivity index (χ0n) is 18.3. The fraction of sp³-hybridized carbons (Fsp3) is 0.429. The molecule has 1 aromatic carbocycles. The first-order chi connectivity index (χ1) is 15.6. The van der Waals surface area contributed by atoms with E-state index in [9.17, 15) is 22.8 Å². The first-order valence-electron chi connectivity index (χ1n) is 10.3. The van der Waals surface area contributed by atoms with Crippen molar-refractivity contribution in [2.45, 2.75) is 25.1 Å². The molecule has 1 saturated heterocycles. The molecule has 4 rings (SSSR count). The summed E-state index contributed by atoms with van der Waals surface area (Å²) in [4.78, 5) is 27.0. The largest absolute Gasteiger partial charge is 0.497 e. The van der Waals surface area contributed by atoms with Crippen LogP contribution in [-0.2, 0) is 20.3 Å². The lowest BCUT2D eigenvalue weighted by Crippen LogP contribution is -2.41. The Balaban J connectivity index is 1.48. The van der Waals surface area contributed by atoms with Crippen LogP contribution < -0.4 is 10.4 Å². The minimum Gasteiger partial charge on any atom is -0.497 e. The normalized spacial score (nSPS) is 15.2. The fourth-order valence-electron chi connectivity index (χ4n) is 4.01. The lowest BCUT2D eigenvalue weighted by atomic mass is 10.0. The average Bonchev–Trinajstić information content (AvgIpc) is 3.33. The molecule has 33 heavy (non-hydrogen) atoms. The van der Waals surface area contributed by atoms with E-state index in [-0.39, 0.29) is 19.0 Å². The van der Waals surface area contributed by atoms with Crippen molar-refractivity contribution in [1.82, 2.24) is 29.0 Å². The van der Waals surface area contributed by atoms with Gasteiger partial charge in [-0.3, -0.25) is 14.0 Å². The van der Waals surface area contributed by atoms with Crippen molar-refractivity contribution < 1.29 is 22.7 Å². The van der Waals surface area contributed by atoms with Crippen LogP contribution in [0, 0.1) is 0 Å². The van der Waals surface area contributed by atoms with Gasteiger partial charge in [-0.1, -0.05) is 12.1 Å². The summed E-state index contributed by atoms with van der Waals surface area (Å²) in [7, 11) is 4.30. The van der Waals surface area contributed by atoms with Crippen molar-refractivity contribution in [3.8, 4) is 17.0 Å². The number of amides is 1. The van der Waals surface area contributed by atoms with Gasteiger partial charge >= 0.3 is 11.9 Å². The van der Waals surface area contributed by atoms with Gasteiger partial charge in [0.05, 0.1) is 18.8 Å². The van der Waals surface area contributed by atoms with E-state index in [0.717, 1.165) is 17.3 Å². The molecule has 2 aromatic heterocycles. The zero-order chi connectivity index (χ0) is 23.9. The minimum atomic E-state index is -4.71. The Morgan fingerprint density at radius 2 is 1.82 bits per heavy atom. The van der Waals surface area contributed by atoms with Crippen molar-refractivity contribution in [3.63, 3.8) is 0 Å². The van der Waals surface area contributed by atoms with Crippen LogP contribution >= 0.6 is 0 Å². The van der Waals surface area contributed by atoms with Crippen LogP contribution in [0.2, 0.25) is 0 Å². The Bertz CT molecular complexity index is 1230. The monoisotopic (exact) mass is 464 g/mol. The lowest BCUT2D eigenvalue weighted by Gasteiger charge is -2.31. The maximum absolute atomic E-state index is 13.1.